The molecule has 1 saturated carbocycles. The number of nitrogens with zero attached hydrogens (tertiary/aromatic N) is 1. The van der Waals surface area contributed by atoms with Gasteiger partial charge in [-0.1, -0.05) is 38.7 Å². The second-order valence-electron chi connectivity index (χ2n) is 7.44. The van der Waals surface area contributed by atoms with Crippen molar-refractivity contribution >= 4 is 27.3 Å². The van der Waals surface area contributed by atoms with E-state index < -0.39 is 0 Å². The quantitative estimate of drug-likeness (QED) is 0.414. The molecule has 1 amide bonds. The van der Waals surface area contributed by atoms with E-state index in [0.717, 1.165) is 19.3 Å². The van der Waals surface area contributed by atoms with Gasteiger partial charge in [0.1, 0.15) is 0 Å². The summed E-state index contributed by atoms with van der Waals surface area (Å²) in [4.78, 5) is 20.3. The first-order valence-corrected chi connectivity index (χ1v) is 10.2. The van der Waals surface area contributed by atoms with E-state index in [-0.39, 0.29) is 17.1 Å². The Hall–Kier alpha value is -0.595. The number of carbonyl (C=O) groups excluding carboxylic acids is 1. The Labute approximate surface area is 143 Å². The fourth-order valence-corrected chi connectivity index (χ4v) is 4.35. The van der Waals surface area contributed by atoms with Crippen molar-refractivity contribution < 1.29 is 9.63 Å². The molecule has 3 nitrogen and oxygen atoms in total. The van der Waals surface area contributed by atoms with E-state index >= 15 is 0 Å². The van der Waals surface area contributed by atoms with Crippen LogP contribution in [0.4, 0.5) is 0 Å². The zero-order chi connectivity index (χ0) is 17.0. The van der Waals surface area contributed by atoms with Gasteiger partial charge in [0, 0.05) is 11.8 Å². The summed E-state index contributed by atoms with van der Waals surface area (Å²) in [5, 5.41) is -0.0683. The van der Waals surface area contributed by atoms with Gasteiger partial charge in [-0.3, -0.25) is 14.6 Å². The molecule has 4 atom stereocenters. The monoisotopic (exact) mass is 334 g/mol. The second kappa shape index (κ2) is 7.99. The highest BCUT2D eigenvalue weighted by molar-refractivity contribution is 7.37. The van der Waals surface area contributed by atoms with Crippen molar-refractivity contribution in [3.8, 4) is 0 Å². The summed E-state index contributed by atoms with van der Waals surface area (Å²) in [7, 11) is 3.34. The van der Waals surface area contributed by atoms with E-state index in [4.69, 9.17) is 4.84 Å². The lowest BCUT2D eigenvalue weighted by atomic mass is 9.53. The zero-order valence-corrected chi connectivity index (χ0v) is 16.1. The Balaban J connectivity index is 2.06. The molecule has 0 bridgehead atoms. The molecule has 1 saturated heterocycles. The van der Waals surface area contributed by atoms with E-state index in [2.05, 4.69) is 45.4 Å². The predicted octanol–water partition coefficient (Wildman–Crippen LogP) is 4.20. The van der Waals surface area contributed by atoms with E-state index in [9.17, 15) is 4.79 Å². The van der Waals surface area contributed by atoms with Crippen molar-refractivity contribution in [2.75, 3.05) is 13.3 Å². The molecule has 1 aliphatic carbocycles. The van der Waals surface area contributed by atoms with Gasteiger partial charge in [0.05, 0.1) is 6.61 Å². The molecule has 0 aromatic rings. The molecule has 4 unspecified atom stereocenters. The minimum absolute atomic E-state index is 0.0683. The molecule has 0 N–H and O–H groups in total. The van der Waals surface area contributed by atoms with Gasteiger partial charge in [0.25, 0.3) is 7.41 Å². The van der Waals surface area contributed by atoms with E-state index in [0.29, 0.717) is 24.4 Å². The van der Waals surface area contributed by atoms with Gasteiger partial charge in [0.2, 0.25) is 5.91 Å². The standard InChI is InChI=1S/C18H30BNO2P/c1-6-7-10-18(4,13(2)3)19-20-17(21)15-9-8-14(12-23-5)16(15)11-22-20/h6-7,12-16H,8-11H2,1-5H3. The van der Waals surface area contributed by atoms with Gasteiger partial charge in [0.15, 0.2) is 0 Å². The molecule has 0 spiro atoms. The number of amides is 1. The van der Waals surface area contributed by atoms with Crippen molar-refractivity contribution in [2.24, 2.45) is 23.7 Å². The van der Waals surface area contributed by atoms with Crippen LogP contribution < -0.4 is 0 Å². The lowest BCUT2D eigenvalue weighted by Gasteiger charge is -2.41. The Morgan fingerprint density at radius 1 is 1.48 bits per heavy atom. The van der Waals surface area contributed by atoms with Crippen LogP contribution in [0.25, 0.3) is 0 Å². The fraction of sp³-hybridized carbons (Fsp3) is 0.778. The normalized spacial score (nSPS) is 31.1. The smallest absolute Gasteiger partial charge is 0.284 e. The molecule has 5 heteroatoms. The van der Waals surface area contributed by atoms with Crippen LogP contribution in [0.5, 0.6) is 0 Å². The topological polar surface area (TPSA) is 29.5 Å². The first kappa shape index (κ1) is 18.7. The van der Waals surface area contributed by atoms with Gasteiger partial charge in [-0.15, -0.1) is 8.20 Å². The highest BCUT2D eigenvalue weighted by Gasteiger charge is 2.47. The molecular weight excluding hydrogens is 304 g/mol. The molecule has 1 heterocycles. The van der Waals surface area contributed by atoms with Crippen molar-refractivity contribution in [1.29, 1.82) is 0 Å². The van der Waals surface area contributed by atoms with Crippen LogP contribution in [0, 0.1) is 23.7 Å². The summed E-state index contributed by atoms with van der Waals surface area (Å²) in [5.74, 6) is 4.00. The van der Waals surface area contributed by atoms with Crippen LogP contribution in [-0.4, -0.2) is 37.4 Å². The van der Waals surface area contributed by atoms with Crippen LogP contribution in [0.3, 0.4) is 0 Å². The Morgan fingerprint density at radius 2 is 2.22 bits per heavy atom. The molecular formula is C18H30BNO2P. The van der Waals surface area contributed by atoms with Crippen molar-refractivity contribution in [3.63, 3.8) is 0 Å². The van der Waals surface area contributed by atoms with E-state index in [1.807, 2.05) is 14.3 Å². The summed E-state index contributed by atoms with van der Waals surface area (Å²) in [6, 6.07) is 0. The third kappa shape index (κ3) is 4.09. The van der Waals surface area contributed by atoms with Crippen LogP contribution in [0.15, 0.2) is 12.2 Å². The van der Waals surface area contributed by atoms with Crippen molar-refractivity contribution in [1.82, 2.24) is 4.97 Å². The van der Waals surface area contributed by atoms with Gasteiger partial charge >= 0.3 is 0 Å². The molecule has 2 aliphatic rings. The van der Waals surface area contributed by atoms with Crippen LogP contribution in [0.2, 0.25) is 5.31 Å². The highest BCUT2D eigenvalue weighted by atomic mass is 31.1. The zero-order valence-electron chi connectivity index (χ0n) is 15.2. The number of hydrogen-bond donors (Lipinski definition) is 0. The number of rotatable bonds is 6. The number of hydrogen-bond acceptors (Lipinski definition) is 2. The summed E-state index contributed by atoms with van der Waals surface area (Å²) < 4.78 is 0. The number of fused-ring (bicyclic) bond motifs is 1. The minimum Gasteiger partial charge on any atom is -0.284 e. The highest BCUT2D eigenvalue weighted by Crippen LogP contribution is 2.44. The average Bonchev–Trinajstić information content (AvgIpc) is 2.92. The summed E-state index contributed by atoms with van der Waals surface area (Å²) in [6.07, 6.45) is 7.30. The lowest BCUT2D eigenvalue weighted by Crippen LogP contribution is -2.50. The largest absolute Gasteiger partial charge is 0.297 e. The van der Waals surface area contributed by atoms with Gasteiger partial charge in [-0.05, 0) is 50.0 Å². The summed E-state index contributed by atoms with van der Waals surface area (Å²) in [6.45, 7) is 11.5. The Kier molecular flexibility index (Phi) is 6.51. The maximum atomic E-state index is 12.9. The lowest BCUT2D eigenvalue weighted by molar-refractivity contribution is -0.186. The summed E-state index contributed by atoms with van der Waals surface area (Å²) >= 11 is 0. The number of carbonyl (C=O) groups is 1. The maximum Gasteiger partial charge on any atom is 0.297 e. The van der Waals surface area contributed by atoms with Crippen LogP contribution in [-0.2, 0) is 9.63 Å². The molecule has 1 aliphatic heterocycles. The Bertz CT molecular complexity index is 480. The van der Waals surface area contributed by atoms with Crippen LogP contribution >= 0.6 is 8.20 Å². The molecule has 23 heavy (non-hydrogen) atoms. The second-order valence-corrected chi connectivity index (χ2v) is 8.26. The van der Waals surface area contributed by atoms with Crippen molar-refractivity contribution in [3.05, 3.63) is 12.2 Å². The first-order chi connectivity index (χ1) is 10.9. The molecule has 2 fully saturated rings. The number of hydroxylamine groups is 1. The Morgan fingerprint density at radius 3 is 2.83 bits per heavy atom. The maximum absolute atomic E-state index is 12.9. The summed E-state index contributed by atoms with van der Waals surface area (Å²) in [5.41, 5.74) is 0. The van der Waals surface area contributed by atoms with Crippen LogP contribution in [0.1, 0.15) is 47.0 Å². The fourth-order valence-electron chi connectivity index (χ4n) is 3.59. The molecule has 1 radical (unpaired) electrons. The third-order valence-corrected chi connectivity index (χ3v) is 6.36. The third-order valence-electron chi connectivity index (χ3n) is 5.68. The molecule has 0 aromatic carbocycles. The van der Waals surface area contributed by atoms with E-state index in [1.54, 1.807) is 4.97 Å². The predicted molar refractivity (Wildman–Crippen MR) is 99.8 cm³/mol. The average molecular weight is 334 g/mol. The number of allylic oxidation sites excluding steroid dienone is 2. The van der Waals surface area contributed by atoms with E-state index in [1.165, 1.54) is 8.20 Å². The van der Waals surface area contributed by atoms with Gasteiger partial charge in [-0.25, -0.2) is 0 Å². The molecule has 127 valence electrons. The first-order valence-electron chi connectivity index (χ1n) is 8.78. The van der Waals surface area contributed by atoms with Crippen molar-refractivity contribution in [2.45, 2.75) is 52.3 Å². The SMILES string of the molecule is CC=CCC(C)([B]N1OCC2C(C=PC)CCC2C1=O)C(C)C. The van der Waals surface area contributed by atoms with Gasteiger partial charge in [-0.2, -0.15) is 0 Å². The van der Waals surface area contributed by atoms with Gasteiger partial charge < -0.3 is 0 Å². The molecule has 2 rings (SSSR count). The molecule has 0 aromatic heterocycles. The minimum atomic E-state index is -0.0683.